The number of rotatable bonds is 5. The average molecular weight is 349 g/mol. The van der Waals surface area contributed by atoms with Gasteiger partial charge in [-0.3, -0.25) is 0 Å². The van der Waals surface area contributed by atoms with Crippen molar-refractivity contribution in [1.29, 1.82) is 0 Å². The first-order chi connectivity index (χ1) is 12.5. The Hall–Kier alpha value is -2.95. The molecule has 1 N–H and O–H groups in total. The lowest BCUT2D eigenvalue weighted by atomic mass is 10.1. The maximum atomic E-state index is 12.4. The minimum Gasteiger partial charge on any atom is -0.461 e. The van der Waals surface area contributed by atoms with Crippen LogP contribution in [0.5, 0.6) is 0 Å². The molecule has 0 unspecified atom stereocenters. The Morgan fingerprint density at radius 3 is 2.23 bits per heavy atom. The zero-order chi connectivity index (χ0) is 18.7. The fourth-order valence-corrected chi connectivity index (χ4v) is 2.67. The second kappa shape index (κ2) is 7.52. The Morgan fingerprint density at radius 2 is 1.62 bits per heavy atom. The lowest BCUT2D eigenvalue weighted by molar-refractivity contribution is 0.0520. The summed E-state index contributed by atoms with van der Waals surface area (Å²) in [6.45, 7) is 8.73. The molecule has 0 aliphatic heterocycles. The van der Waals surface area contributed by atoms with Gasteiger partial charge in [0, 0.05) is 6.54 Å². The van der Waals surface area contributed by atoms with Crippen LogP contribution in [0.1, 0.15) is 39.7 Å². The van der Waals surface area contributed by atoms with Crippen molar-refractivity contribution in [3.8, 4) is 0 Å². The van der Waals surface area contributed by atoms with Crippen LogP contribution in [-0.2, 0) is 11.3 Å². The van der Waals surface area contributed by atoms with Gasteiger partial charge in [0.25, 0.3) is 0 Å². The number of aromatic nitrogens is 2. The van der Waals surface area contributed by atoms with Gasteiger partial charge in [0.1, 0.15) is 0 Å². The molecule has 0 spiro atoms. The predicted octanol–water partition coefficient (Wildman–Crippen LogP) is 4.34. The molecule has 134 valence electrons. The van der Waals surface area contributed by atoms with Crippen LogP contribution in [0.4, 0.5) is 5.82 Å². The van der Waals surface area contributed by atoms with E-state index in [2.05, 4.69) is 34.3 Å². The van der Waals surface area contributed by atoms with Crippen LogP contribution in [0.2, 0.25) is 0 Å². The van der Waals surface area contributed by atoms with Gasteiger partial charge in [0.2, 0.25) is 0 Å². The molecular formula is C21H23N3O2. The van der Waals surface area contributed by atoms with Crippen molar-refractivity contribution in [2.45, 2.75) is 34.2 Å². The number of hydrogen-bond acceptors (Lipinski definition) is 5. The van der Waals surface area contributed by atoms with Crippen LogP contribution < -0.4 is 5.32 Å². The first kappa shape index (κ1) is 17.9. The monoisotopic (exact) mass is 349 g/mol. The summed E-state index contributed by atoms with van der Waals surface area (Å²) >= 11 is 0. The molecule has 0 amide bonds. The summed E-state index contributed by atoms with van der Waals surface area (Å²) in [5, 5.41) is 3.24. The molecule has 26 heavy (non-hydrogen) atoms. The summed E-state index contributed by atoms with van der Waals surface area (Å²) in [5.41, 5.74) is 6.23. The van der Waals surface area contributed by atoms with E-state index in [1.165, 1.54) is 5.56 Å². The minimum atomic E-state index is -0.466. The Balaban J connectivity index is 1.99. The molecule has 0 atom stereocenters. The van der Waals surface area contributed by atoms with Crippen LogP contribution in [0.15, 0.2) is 36.4 Å². The Labute approximate surface area is 153 Å². The topological polar surface area (TPSA) is 64.1 Å². The summed E-state index contributed by atoms with van der Waals surface area (Å²) in [5.74, 6) is -0.0219. The highest BCUT2D eigenvalue weighted by Gasteiger charge is 2.18. The fourth-order valence-electron chi connectivity index (χ4n) is 2.67. The van der Waals surface area contributed by atoms with E-state index in [9.17, 15) is 4.79 Å². The number of anilines is 1. The molecule has 0 saturated heterocycles. The number of fused-ring (bicyclic) bond motifs is 1. The number of nitrogens with zero attached hydrogens (tertiary/aromatic N) is 2. The van der Waals surface area contributed by atoms with Crippen molar-refractivity contribution in [2.24, 2.45) is 0 Å². The van der Waals surface area contributed by atoms with Crippen molar-refractivity contribution >= 4 is 22.8 Å². The third-order valence-electron chi connectivity index (χ3n) is 4.33. The van der Waals surface area contributed by atoms with Crippen molar-refractivity contribution in [3.05, 3.63) is 64.3 Å². The average Bonchev–Trinajstić information content (AvgIpc) is 2.62. The zero-order valence-corrected chi connectivity index (χ0v) is 15.6. The molecule has 0 aliphatic carbocycles. The number of benzene rings is 2. The van der Waals surface area contributed by atoms with E-state index < -0.39 is 5.97 Å². The van der Waals surface area contributed by atoms with E-state index in [1.807, 2.05) is 38.1 Å². The minimum absolute atomic E-state index is 0.217. The quantitative estimate of drug-likeness (QED) is 0.694. The second-order valence-electron chi connectivity index (χ2n) is 6.41. The van der Waals surface area contributed by atoms with E-state index in [0.29, 0.717) is 24.5 Å². The summed E-state index contributed by atoms with van der Waals surface area (Å²) in [4.78, 5) is 21.5. The van der Waals surface area contributed by atoms with E-state index in [1.54, 1.807) is 6.92 Å². The Kier molecular flexibility index (Phi) is 5.16. The number of nitrogens with one attached hydrogen (secondary N) is 1. The van der Waals surface area contributed by atoms with Gasteiger partial charge in [-0.05, 0) is 56.5 Å². The van der Waals surface area contributed by atoms with Gasteiger partial charge in [-0.15, -0.1) is 0 Å². The molecule has 3 rings (SSSR count). The molecule has 1 heterocycles. The number of hydrogen-bond donors (Lipinski definition) is 1. The summed E-state index contributed by atoms with van der Waals surface area (Å²) in [6.07, 6.45) is 0. The third kappa shape index (κ3) is 3.82. The zero-order valence-electron chi connectivity index (χ0n) is 15.6. The molecule has 0 aliphatic rings. The maximum Gasteiger partial charge on any atom is 0.360 e. The van der Waals surface area contributed by atoms with Gasteiger partial charge >= 0.3 is 5.97 Å². The normalized spacial score (nSPS) is 10.8. The van der Waals surface area contributed by atoms with E-state index in [0.717, 1.165) is 22.2 Å². The number of aryl methyl sites for hydroxylation is 3. The van der Waals surface area contributed by atoms with Gasteiger partial charge in [-0.25, -0.2) is 14.8 Å². The van der Waals surface area contributed by atoms with Crippen LogP contribution in [0.3, 0.4) is 0 Å². The smallest absolute Gasteiger partial charge is 0.360 e. The molecule has 5 heteroatoms. The molecule has 0 fully saturated rings. The highest BCUT2D eigenvalue weighted by atomic mass is 16.5. The number of ether oxygens (including phenoxy) is 1. The molecule has 3 aromatic rings. The molecule has 0 radical (unpaired) electrons. The van der Waals surface area contributed by atoms with Gasteiger partial charge in [-0.1, -0.05) is 29.8 Å². The van der Waals surface area contributed by atoms with Gasteiger partial charge in [-0.2, -0.15) is 0 Å². The highest BCUT2D eigenvalue weighted by molar-refractivity contribution is 5.95. The van der Waals surface area contributed by atoms with E-state index in [-0.39, 0.29) is 5.69 Å². The van der Waals surface area contributed by atoms with Crippen LogP contribution >= 0.6 is 0 Å². The van der Waals surface area contributed by atoms with Crippen LogP contribution in [0, 0.1) is 20.8 Å². The fraction of sp³-hybridized carbons (Fsp3) is 0.286. The SMILES string of the molecule is CCOC(=O)c1nc2cc(C)c(C)cc2nc1NCc1ccc(C)cc1. The van der Waals surface area contributed by atoms with Crippen molar-refractivity contribution in [2.75, 3.05) is 11.9 Å². The number of esters is 1. The van der Waals surface area contributed by atoms with Gasteiger partial charge in [0.05, 0.1) is 17.6 Å². The lowest BCUT2D eigenvalue weighted by Crippen LogP contribution is -2.14. The molecule has 0 saturated carbocycles. The molecule has 0 bridgehead atoms. The maximum absolute atomic E-state index is 12.4. The predicted molar refractivity (Wildman–Crippen MR) is 103 cm³/mol. The number of carbonyl (C=O) groups is 1. The van der Waals surface area contributed by atoms with E-state index >= 15 is 0 Å². The largest absolute Gasteiger partial charge is 0.461 e. The van der Waals surface area contributed by atoms with Gasteiger partial charge < -0.3 is 10.1 Å². The van der Waals surface area contributed by atoms with Crippen molar-refractivity contribution in [3.63, 3.8) is 0 Å². The van der Waals surface area contributed by atoms with E-state index in [4.69, 9.17) is 4.74 Å². The number of carbonyl (C=O) groups excluding carboxylic acids is 1. The van der Waals surface area contributed by atoms with Crippen molar-refractivity contribution in [1.82, 2.24) is 9.97 Å². The summed E-state index contributed by atoms with van der Waals surface area (Å²) in [7, 11) is 0. The molecular weight excluding hydrogens is 326 g/mol. The first-order valence-electron chi connectivity index (χ1n) is 8.73. The summed E-state index contributed by atoms with van der Waals surface area (Å²) < 4.78 is 5.16. The Morgan fingerprint density at radius 1 is 1.00 bits per heavy atom. The standard InChI is InChI=1S/C21H23N3O2/c1-5-26-21(25)19-20(22-12-16-8-6-13(2)7-9-16)24-18-11-15(4)14(3)10-17(18)23-19/h6-11H,5,12H2,1-4H3,(H,22,24). The van der Waals surface area contributed by atoms with Gasteiger partial charge in [0.15, 0.2) is 11.5 Å². The first-order valence-corrected chi connectivity index (χ1v) is 8.73. The second-order valence-corrected chi connectivity index (χ2v) is 6.41. The Bertz CT molecular complexity index is 950. The van der Waals surface area contributed by atoms with Crippen molar-refractivity contribution < 1.29 is 9.53 Å². The molecule has 2 aromatic carbocycles. The van der Waals surface area contributed by atoms with Crippen LogP contribution in [0.25, 0.3) is 11.0 Å². The molecule has 5 nitrogen and oxygen atoms in total. The van der Waals surface area contributed by atoms with Crippen LogP contribution in [-0.4, -0.2) is 22.5 Å². The molecule has 1 aromatic heterocycles. The highest BCUT2D eigenvalue weighted by Crippen LogP contribution is 2.22. The lowest BCUT2D eigenvalue weighted by Gasteiger charge is -2.12. The summed E-state index contributed by atoms with van der Waals surface area (Å²) in [6, 6.07) is 12.2. The third-order valence-corrected chi connectivity index (χ3v) is 4.33.